The molecule has 1 fully saturated rings. The molecule has 0 N–H and O–H groups in total. The molecule has 0 bridgehead atoms. The van der Waals surface area contributed by atoms with Crippen molar-refractivity contribution < 1.29 is 0 Å². The average Bonchev–Trinajstić information content (AvgIpc) is 2.19. The minimum atomic E-state index is 0.793. The van der Waals surface area contributed by atoms with E-state index in [0.29, 0.717) is 0 Å². The molecule has 0 spiro atoms. The van der Waals surface area contributed by atoms with Crippen molar-refractivity contribution in [3.8, 4) is 0 Å². The molecular formula is C12H16IN. The van der Waals surface area contributed by atoms with Crippen LogP contribution in [0.2, 0.25) is 0 Å². The molecule has 0 saturated carbocycles. The summed E-state index contributed by atoms with van der Waals surface area (Å²) in [6.45, 7) is 2.49. The van der Waals surface area contributed by atoms with Gasteiger partial charge in [0.15, 0.2) is 0 Å². The predicted molar refractivity (Wildman–Crippen MR) is 68.6 cm³/mol. The Hall–Kier alpha value is -0.0900. The molecular weight excluding hydrogens is 285 g/mol. The second-order valence-electron chi connectivity index (χ2n) is 4.13. The standard InChI is InChI=1S/C12H16IN/c1-14-7-5-10(6-8-14)11-3-2-4-12(13)9-11/h2-4,9-10H,5-8H2,1H3. The zero-order chi connectivity index (χ0) is 9.97. The van der Waals surface area contributed by atoms with Crippen molar-refractivity contribution in [2.24, 2.45) is 0 Å². The summed E-state index contributed by atoms with van der Waals surface area (Å²) in [7, 11) is 2.21. The lowest BCUT2D eigenvalue weighted by atomic mass is 9.90. The molecule has 1 heterocycles. The summed E-state index contributed by atoms with van der Waals surface area (Å²) in [5, 5.41) is 0. The molecule has 1 aliphatic heterocycles. The maximum absolute atomic E-state index is 2.42. The highest BCUT2D eigenvalue weighted by Crippen LogP contribution is 2.28. The predicted octanol–water partition coefficient (Wildman–Crippen LogP) is 3.10. The molecule has 0 atom stereocenters. The Kier molecular flexibility index (Phi) is 3.44. The molecule has 0 aromatic heterocycles. The maximum Gasteiger partial charge on any atom is 0.0133 e. The molecule has 0 amide bonds. The molecule has 0 unspecified atom stereocenters. The lowest BCUT2D eigenvalue weighted by Gasteiger charge is -2.29. The summed E-state index contributed by atoms with van der Waals surface area (Å²) in [5.41, 5.74) is 1.53. The van der Waals surface area contributed by atoms with E-state index >= 15 is 0 Å². The van der Waals surface area contributed by atoms with Gasteiger partial charge in [0.1, 0.15) is 0 Å². The van der Waals surface area contributed by atoms with Crippen LogP contribution in [0.25, 0.3) is 0 Å². The van der Waals surface area contributed by atoms with Gasteiger partial charge >= 0.3 is 0 Å². The van der Waals surface area contributed by atoms with Gasteiger partial charge in [0.2, 0.25) is 0 Å². The van der Waals surface area contributed by atoms with Crippen molar-refractivity contribution in [3.63, 3.8) is 0 Å². The number of hydrogen-bond acceptors (Lipinski definition) is 1. The van der Waals surface area contributed by atoms with Crippen LogP contribution in [0.5, 0.6) is 0 Å². The van der Waals surface area contributed by atoms with E-state index in [1.165, 1.54) is 35.1 Å². The van der Waals surface area contributed by atoms with E-state index in [1.807, 2.05) is 0 Å². The van der Waals surface area contributed by atoms with Crippen molar-refractivity contribution in [1.82, 2.24) is 4.90 Å². The van der Waals surface area contributed by atoms with Gasteiger partial charge in [-0.15, -0.1) is 0 Å². The van der Waals surface area contributed by atoms with Gasteiger partial charge in [-0.2, -0.15) is 0 Å². The van der Waals surface area contributed by atoms with Crippen LogP contribution in [0.15, 0.2) is 24.3 Å². The lowest BCUT2D eigenvalue weighted by Crippen LogP contribution is -2.29. The number of nitrogens with zero attached hydrogens (tertiary/aromatic N) is 1. The van der Waals surface area contributed by atoms with E-state index in [2.05, 4.69) is 58.8 Å². The lowest BCUT2D eigenvalue weighted by molar-refractivity contribution is 0.255. The highest BCUT2D eigenvalue weighted by molar-refractivity contribution is 14.1. The Labute approximate surface area is 99.6 Å². The van der Waals surface area contributed by atoms with Gasteiger partial charge in [0.25, 0.3) is 0 Å². The quantitative estimate of drug-likeness (QED) is 0.721. The van der Waals surface area contributed by atoms with Crippen molar-refractivity contribution in [2.75, 3.05) is 20.1 Å². The minimum absolute atomic E-state index is 0.793. The molecule has 1 aromatic carbocycles. The van der Waals surface area contributed by atoms with E-state index in [9.17, 15) is 0 Å². The highest BCUT2D eigenvalue weighted by atomic mass is 127. The van der Waals surface area contributed by atoms with Gasteiger partial charge in [-0.3, -0.25) is 0 Å². The van der Waals surface area contributed by atoms with Crippen LogP contribution in [0.4, 0.5) is 0 Å². The third kappa shape index (κ3) is 2.48. The normalized spacial score (nSPS) is 19.9. The fourth-order valence-electron chi connectivity index (χ4n) is 2.10. The first kappa shape index (κ1) is 10.4. The van der Waals surface area contributed by atoms with Crippen LogP contribution < -0.4 is 0 Å². The molecule has 1 saturated heterocycles. The summed E-state index contributed by atoms with van der Waals surface area (Å²) < 4.78 is 1.36. The second-order valence-corrected chi connectivity index (χ2v) is 5.38. The minimum Gasteiger partial charge on any atom is -0.306 e. The summed E-state index contributed by atoms with van der Waals surface area (Å²) >= 11 is 2.40. The van der Waals surface area contributed by atoms with E-state index in [0.717, 1.165) is 5.92 Å². The third-order valence-electron chi connectivity index (χ3n) is 3.04. The number of piperidine rings is 1. The monoisotopic (exact) mass is 301 g/mol. The average molecular weight is 301 g/mol. The Morgan fingerprint density at radius 1 is 1.29 bits per heavy atom. The van der Waals surface area contributed by atoms with Gasteiger partial charge in [-0.05, 0) is 79.2 Å². The number of hydrogen-bond donors (Lipinski definition) is 0. The molecule has 2 rings (SSSR count). The molecule has 1 nitrogen and oxygen atoms in total. The number of rotatable bonds is 1. The molecule has 0 aliphatic carbocycles. The molecule has 76 valence electrons. The topological polar surface area (TPSA) is 3.24 Å². The Morgan fingerprint density at radius 3 is 2.64 bits per heavy atom. The van der Waals surface area contributed by atoms with Crippen LogP contribution in [-0.2, 0) is 0 Å². The van der Waals surface area contributed by atoms with E-state index in [-0.39, 0.29) is 0 Å². The first-order valence-electron chi connectivity index (χ1n) is 5.20. The third-order valence-corrected chi connectivity index (χ3v) is 3.71. The van der Waals surface area contributed by atoms with Crippen molar-refractivity contribution in [2.45, 2.75) is 18.8 Å². The zero-order valence-electron chi connectivity index (χ0n) is 8.54. The first-order chi connectivity index (χ1) is 6.75. The van der Waals surface area contributed by atoms with Gasteiger partial charge < -0.3 is 4.90 Å². The van der Waals surface area contributed by atoms with Crippen molar-refractivity contribution in [1.29, 1.82) is 0 Å². The van der Waals surface area contributed by atoms with Gasteiger partial charge in [-0.1, -0.05) is 12.1 Å². The highest BCUT2D eigenvalue weighted by Gasteiger charge is 2.17. The van der Waals surface area contributed by atoms with Crippen LogP contribution in [0, 0.1) is 3.57 Å². The number of benzene rings is 1. The van der Waals surface area contributed by atoms with E-state index < -0.39 is 0 Å². The fraction of sp³-hybridized carbons (Fsp3) is 0.500. The second kappa shape index (κ2) is 4.62. The Balaban J connectivity index is 2.08. The Morgan fingerprint density at radius 2 is 2.00 bits per heavy atom. The first-order valence-corrected chi connectivity index (χ1v) is 6.27. The Bertz CT molecular complexity index is 303. The molecule has 0 radical (unpaired) electrons. The van der Waals surface area contributed by atoms with Gasteiger partial charge in [0, 0.05) is 3.57 Å². The number of halogens is 1. The smallest absolute Gasteiger partial charge is 0.0133 e. The summed E-state index contributed by atoms with van der Waals surface area (Å²) in [4.78, 5) is 2.42. The van der Waals surface area contributed by atoms with Crippen LogP contribution in [0.1, 0.15) is 24.3 Å². The van der Waals surface area contributed by atoms with E-state index in [1.54, 1.807) is 0 Å². The van der Waals surface area contributed by atoms with Crippen molar-refractivity contribution in [3.05, 3.63) is 33.4 Å². The molecule has 2 heteroatoms. The number of likely N-dealkylation sites (tertiary alicyclic amines) is 1. The van der Waals surface area contributed by atoms with Crippen LogP contribution in [-0.4, -0.2) is 25.0 Å². The SMILES string of the molecule is CN1CCC(c2cccc(I)c2)CC1. The maximum atomic E-state index is 2.42. The van der Waals surface area contributed by atoms with Crippen LogP contribution in [0.3, 0.4) is 0 Å². The molecule has 14 heavy (non-hydrogen) atoms. The van der Waals surface area contributed by atoms with Gasteiger partial charge in [-0.25, -0.2) is 0 Å². The summed E-state index contributed by atoms with van der Waals surface area (Å²) in [6, 6.07) is 8.95. The van der Waals surface area contributed by atoms with Crippen molar-refractivity contribution >= 4 is 22.6 Å². The summed E-state index contributed by atoms with van der Waals surface area (Å²) in [5.74, 6) is 0.793. The fourth-order valence-corrected chi connectivity index (χ4v) is 2.67. The van der Waals surface area contributed by atoms with E-state index in [4.69, 9.17) is 0 Å². The largest absolute Gasteiger partial charge is 0.306 e. The van der Waals surface area contributed by atoms with Crippen LogP contribution >= 0.6 is 22.6 Å². The van der Waals surface area contributed by atoms with Gasteiger partial charge in [0.05, 0.1) is 0 Å². The molecule has 1 aliphatic rings. The summed E-state index contributed by atoms with van der Waals surface area (Å²) in [6.07, 6.45) is 2.63. The zero-order valence-corrected chi connectivity index (χ0v) is 10.7. The molecule has 1 aromatic rings.